The third-order valence-electron chi connectivity index (χ3n) is 7.33. The average molecular weight is 500 g/mol. The van der Waals surface area contributed by atoms with Gasteiger partial charge in [-0.25, -0.2) is 0 Å². The Morgan fingerprint density at radius 1 is 1.14 bits per heavy atom. The second-order valence-electron chi connectivity index (χ2n) is 9.83. The largest absolute Gasteiger partial charge is 0.416 e. The standard InChI is InChI=1S/C26H28F3N5O2/c1-15(7-24-31-30-14-32(24)3)17-5-4-6-19(8-17)34-13-22-21(25(34)36)9-18(10-23(22)26(27,28)29)16(2)33-11-20(35)12-33/h4-6,8-10,14-16,20,35H,7,11-13H2,1-3H3. The van der Waals surface area contributed by atoms with E-state index in [0.29, 0.717) is 30.8 Å². The zero-order chi connectivity index (χ0) is 25.8. The molecular weight excluding hydrogens is 471 g/mol. The lowest BCUT2D eigenvalue weighted by Gasteiger charge is -2.40. The summed E-state index contributed by atoms with van der Waals surface area (Å²) in [4.78, 5) is 16.7. The minimum atomic E-state index is -4.59. The van der Waals surface area contributed by atoms with Crippen LogP contribution in [0.2, 0.25) is 0 Å². The van der Waals surface area contributed by atoms with Crippen LogP contribution in [-0.2, 0) is 26.2 Å². The number of likely N-dealkylation sites (tertiary alicyclic amines) is 1. The molecule has 1 aromatic heterocycles. The number of fused-ring (bicyclic) bond motifs is 1. The predicted molar refractivity (Wildman–Crippen MR) is 128 cm³/mol. The molecule has 0 aliphatic carbocycles. The zero-order valence-corrected chi connectivity index (χ0v) is 20.3. The van der Waals surface area contributed by atoms with Gasteiger partial charge in [0.15, 0.2) is 0 Å². The van der Waals surface area contributed by atoms with E-state index in [-0.39, 0.29) is 29.6 Å². The van der Waals surface area contributed by atoms with Gasteiger partial charge in [0.25, 0.3) is 5.91 Å². The molecule has 1 saturated heterocycles. The maximum absolute atomic E-state index is 14.1. The molecule has 3 aromatic rings. The number of aryl methyl sites for hydroxylation is 1. The Kier molecular flexibility index (Phi) is 6.12. The highest BCUT2D eigenvalue weighted by molar-refractivity contribution is 6.10. The smallest absolute Gasteiger partial charge is 0.390 e. The van der Waals surface area contributed by atoms with E-state index in [1.807, 2.05) is 41.6 Å². The van der Waals surface area contributed by atoms with Gasteiger partial charge in [-0.15, -0.1) is 10.2 Å². The zero-order valence-electron chi connectivity index (χ0n) is 20.3. The topological polar surface area (TPSA) is 74.5 Å². The number of aromatic nitrogens is 3. The van der Waals surface area contributed by atoms with Crippen LogP contribution in [0.25, 0.3) is 0 Å². The summed E-state index contributed by atoms with van der Waals surface area (Å²) in [6.07, 6.45) is -2.78. The third kappa shape index (κ3) is 4.39. The molecule has 0 saturated carbocycles. The van der Waals surface area contributed by atoms with E-state index in [0.717, 1.165) is 17.5 Å². The number of aliphatic hydroxyl groups excluding tert-OH is 1. The van der Waals surface area contributed by atoms with Crippen molar-refractivity contribution in [1.82, 2.24) is 19.7 Å². The van der Waals surface area contributed by atoms with Gasteiger partial charge in [-0.3, -0.25) is 9.69 Å². The molecule has 3 heterocycles. The number of amides is 1. The average Bonchev–Trinajstić information content (AvgIpc) is 3.37. The first kappa shape index (κ1) is 24.5. The molecule has 2 atom stereocenters. The van der Waals surface area contributed by atoms with E-state index < -0.39 is 23.8 Å². The first-order valence-electron chi connectivity index (χ1n) is 11.9. The van der Waals surface area contributed by atoms with E-state index in [4.69, 9.17) is 0 Å². The fourth-order valence-corrected chi connectivity index (χ4v) is 5.03. The van der Waals surface area contributed by atoms with Crippen LogP contribution in [0.4, 0.5) is 18.9 Å². The van der Waals surface area contributed by atoms with Gasteiger partial charge >= 0.3 is 6.18 Å². The summed E-state index contributed by atoms with van der Waals surface area (Å²) in [5, 5.41) is 17.6. The van der Waals surface area contributed by atoms with Crippen molar-refractivity contribution >= 4 is 11.6 Å². The monoisotopic (exact) mass is 499 g/mol. The quantitative estimate of drug-likeness (QED) is 0.553. The first-order chi connectivity index (χ1) is 17.0. The van der Waals surface area contributed by atoms with Crippen molar-refractivity contribution in [3.8, 4) is 0 Å². The minimum absolute atomic E-state index is 0.00429. The molecule has 190 valence electrons. The Labute approximate surface area is 207 Å². The van der Waals surface area contributed by atoms with Gasteiger partial charge in [0, 0.05) is 43.9 Å². The number of halogens is 3. The van der Waals surface area contributed by atoms with Crippen LogP contribution in [0, 0.1) is 0 Å². The number of carbonyl (C=O) groups excluding carboxylic acids is 1. The molecule has 0 radical (unpaired) electrons. The molecule has 5 rings (SSSR count). The van der Waals surface area contributed by atoms with E-state index in [9.17, 15) is 23.1 Å². The lowest BCUT2D eigenvalue weighted by atomic mass is 9.94. The highest BCUT2D eigenvalue weighted by Gasteiger charge is 2.41. The highest BCUT2D eigenvalue weighted by atomic mass is 19.4. The van der Waals surface area contributed by atoms with Gasteiger partial charge in [0.2, 0.25) is 0 Å². The summed E-state index contributed by atoms with van der Waals surface area (Å²) >= 11 is 0. The molecule has 36 heavy (non-hydrogen) atoms. The van der Waals surface area contributed by atoms with Crippen molar-refractivity contribution < 1.29 is 23.1 Å². The molecule has 0 spiro atoms. The number of rotatable bonds is 6. The van der Waals surface area contributed by atoms with Crippen LogP contribution in [0.1, 0.15) is 64.2 Å². The molecule has 2 unspecified atom stereocenters. The molecule has 1 amide bonds. The number of nitrogens with zero attached hydrogens (tertiary/aromatic N) is 5. The molecule has 2 aliphatic heterocycles. The molecule has 2 aliphatic rings. The van der Waals surface area contributed by atoms with Gasteiger partial charge in [0.1, 0.15) is 12.2 Å². The van der Waals surface area contributed by atoms with Crippen LogP contribution in [0.5, 0.6) is 0 Å². The number of benzene rings is 2. The molecule has 10 heteroatoms. The van der Waals surface area contributed by atoms with Crippen molar-refractivity contribution in [3.63, 3.8) is 0 Å². The maximum atomic E-state index is 14.1. The van der Waals surface area contributed by atoms with Gasteiger partial charge in [-0.05, 0) is 53.8 Å². The molecule has 2 aromatic carbocycles. The molecular formula is C26H28F3N5O2. The van der Waals surface area contributed by atoms with Crippen molar-refractivity contribution in [2.75, 3.05) is 18.0 Å². The number of β-amino-alcohol motifs (C(OH)–C–C–N with tert-alkyl or cyclic N) is 1. The number of alkyl halides is 3. The third-order valence-corrected chi connectivity index (χ3v) is 7.33. The van der Waals surface area contributed by atoms with Gasteiger partial charge in [-0.2, -0.15) is 13.2 Å². The second-order valence-corrected chi connectivity index (χ2v) is 9.83. The number of hydrogen-bond acceptors (Lipinski definition) is 5. The number of aliphatic hydroxyl groups is 1. The lowest BCUT2D eigenvalue weighted by Crippen LogP contribution is -2.51. The van der Waals surface area contributed by atoms with E-state index >= 15 is 0 Å². The SMILES string of the molecule is CC(Cc1nncn1C)c1cccc(N2Cc3c(cc(C(C)N4CC(O)C4)cc3C(F)(F)F)C2=O)c1. The van der Waals surface area contributed by atoms with Gasteiger partial charge in [-0.1, -0.05) is 19.1 Å². The van der Waals surface area contributed by atoms with Crippen LogP contribution in [-0.4, -0.2) is 49.9 Å². The molecule has 1 fully saturated rings. The van der Waals surface area contributed by atoms with Crippen molar-refractivity contribution in [1.29, 1.82) is 0 Å². The predicted octanol–water partition coefficient (Wildman–Crippen LogP) is 4.08. The summed E-state index contributed by atoms with van der Waals surface area (Å²) in [6, 6.07) is 9.78. The Morgan fingerprint density at radius 2 is 1.89 bits per heavy atom. The van der Waals surface area contributed by atoms with Crippen LogP contribution in [0.15, 0.2) is 42.7 Å². The van der Waals surface area contributed by atoms with E-state index in [1.54, 1.807) is 25.4 Å². The normalized spacial score (nSPS) is 18.3. The van der Waals surface area contributed by atoms with Crippen LogP contribution >= 0.6 is 0 Å². The fraction of sp³-hybridized carbons (Fsp3) is 0.423. The minimum Gasteiger partial charge on any atom is -0.390 e. The first-order valence-corrected chi connectivity index (χ1v) is 11.9. The maximum Gasteiger partial charge on any atom is 0.416 e. The number of hydrogen-bond donors (Lipinski definition) is 1. The highest BCUT2D eigenvalue weighted by Crippen LogP contribution is 2.41. The summed E-state index contributed by atoms with van der Waals surface area (Å²) in [5.74, 6) is 0.452. The lowest BCUT2D eigenvalue weighted by molar-refractivity contribution is -0.138. The summed E-state index contributed by atoms with van der Waals surface area (Å²) in [6.45, 7) is 4.50. The Morgan fingerprint density at radius 3 is 2.53 bits per heavy atom. The second kappa shape index (κ2) is 9.01. The van der Waals surface area contributed by atoms with Crippen molar-refractivity contribution in [3.05, 3.63) is 76.4 Å². The Hall–Kier alpha value is -3.24. The number of carbonyl (C=O) groups is 1. The van der Waals surface area contributed by atoms with Crippen LogP contribution in [0.3, 0.4) is 0 Å². The summed E-state index contributed by atoms with van der Waals surface area (Å²) in [5.41, 5.74) is 1.27. The molecule has 1 N–H and O–H groups in total. The summed E-state index contributed by atoms with van der Waals surface area (Å²) in [7, 11) is 1.87. The number of anilines is 1. The fourth-order valence-electron chi connectivity index (χ4n) is 5.03. The Bertz CT molecular complexity index is 1300. The molecule has 0 bridgehead atoms. The summed E-state index contributed by atoms with van der Waals surface area (Å²) < 4.78 is 44.1. The molecule has 7 nitrogen and oxygen atoms in total. The van der Waals surface area contributed by atoms with Gasteiger partial charge in [0.05, 0.1) is 18.2 Å². The van der Waals surface area contributed by atoms with Crippen molar-refractivity contribution in [2.45, 2.75) is 51.1 Å². The van der Waals surface area contributed by atoms with Gasteiger partial charge < -0.3 is 14.6 Å². The van der Waals surface area contributed by atoms with Crippen molar-refractivity contribution in [2.24, 2.45) is 7.05 Å². The van der Waals surface area contributed by atoms with Crippen LogP contribution < -0.4 is 4.90 Å². The Balaban J connectivity index is 1.45. The van der Waals surface area contributed by atoms with E-state index in [2.05, 4.69) is 10.2 Å². The van der Waals surface area contributed by atoms with E-state index in [1.165, 1.54) is 4.90 Å².